The van der Waals surface area contributed by atoms with Crippen LogP contribution in [0.2, 0.25) is 0 Å². The molecule has 1 aromatic carbocycles. The van der Waals surface area contributed by atoms with Crippen molar-refractivity contribution in [3.8, 4) is 11.8 Å². The number of aliphatic hydroxyl groups is 2. The van der Waals surface area contributed by atoms with E-state index in [9.17, 15) is 5.11 Å². The van der Waals surface area contributed by atoms with E-state index in [-0.39, 0.29) is 0 Å². The van der Waals surface area contributed by atoms with E-state index in [4.69, 9.17) is 10.8 Å². The first-order valence-electron chi connectivity index (χ1n) is 8.36. The van der Waals surface area contributed by atoms with Gasteiger partial charge in [-0.15, -0.1) is 0 Å². The molecule has 0 radical (unpaired) electrons. The lowest BCUT2D eigenvalue weighted by Crippen LogP contribution is -2.27. The second-order valence-electron chi connectivity index (χ2n) is 6.36. The Labute approximate surface area is 133 Å². The largest absolute Gasteiger partial charge is 0.379 e. The number of hydrogen-bond donors (Lipinski definition) is 3. The molecule has 2 rings (SSSR count). The summed E-state index contributed by atoms with van der Waals surface area (Å²) >= 11 is 0. The SMILES string of the molecule is NC(O)CCc1cccc(C#CC2(O)CCCCCCC2)c1. The van der Waals surface area contributed by atoms with Gasteiger partial charge >= 0.3 is 0 Å². The second-order valence-corrected chi connectivity index (χ2v) is 6.36. The fraction of sp³-hybridized carbons (Fsp3) is 0.579. The van der Waals surface area contributed by atoms with Gasteiger partial charge in [-0.1, -0.05) is 43.2 Å². The molecule has 0 saturated heterocycles. The van der Waals surface area contributed by atoms with Crippen molar-refractivity contribution < 1.29 is 10.2 Å². The van der Waals surface area contributed by atoms with Gasteiger partial charge < -0.3 is 15.9 Å². The zero-order valence-electron chi connectivity index (χ0n) is 13.2. The molecule has 0 heterocycles. The molecular weight excluding hydrogens is 274 g/mol. The summed E-state index contributed by atoms with van der Waals surface area (Å²) in [4.78, 5) is 0. The van der Waals surface area contributed by atoms with E-state index in [1.807, 2.05) is 24.3 Å². The monoisotopic (exact) mass is 301 g/mol. The highest BCUT2D eigenvalue weighted by Gasteiger charge is 2.24. The minimum absolute atomic E-state index is 0.542. The van der Waals surface area contributed by atoms with Gasteiger partial charge in [0.2, 0.25) is 0 Å². The van der Waals surface area contributed by atoms with Crippen LogP contribution in [0.3, 0.4) is 0 Å². The minimum Gasteiger partial charge on any atom is -0.379 e. The highest BCUT2D eigenvalue weighted by molar-refractivity contribution is 5.39. The Kier molecular flexibility index (Phi) is 6.45. The third-order valence-electron chi connectivity index (χ3n) is 4.28. The first kappa shape index (κ1) is 17.0. The molecule has 120 valence electrons. The maximum Gasteiger partial charge on any atom is 0.125 e. The topological polar surface area (TPSA) is 66.5 Å². The summed E-state index contributed by atoms with van der Waals surface area (Å²) in [7, 11) is 0. The van der Waals surface area contributed by atoms with Crippen LogP contribution in [-0.2, 0) is 6.42 Å². The van der Waals surface area contributed by atoms with E-state index in [0.29, 0.717) is 6.42 Å². The summed E-state index contributed by atoms with van der Waals surface area (Å²) in [5, 5.41) is 19.8. The molecule has 4 N–H and O–H groups in total. The van der Waals surface area contributed by atoms with Crippen LogP contribution in [0.4, 0.5) is 0 Å². The lowest BCUT2D eigenvalue weighted by molar-refractivity contribution is 0.0718. The Balaban J connectivity index is 2.04. The van der Waals surface area contributed by atoms with Gasteiger partial charge in [-0.25, -0.2) is 0 Å². The number of hydrogen-bond acceptors (Lipinski definition) is 3. The van der Waals surface area contributed by atoms with Crippen molar-refractivity contribution in [3.63, 3.8) is 0 Å². The molecule has 1 aromatic rings. The molecule has 22 heavy (non-hydrogen) atoms. The van der Waals surface area contributed by atoms with Gasteiger partial charge in [0, 0.05) is 5.56 Å². The first-order valence-corrected chi connectivity index (χ1v) is 8.36. The summed E-state index contributed by atoms with van der Waals surface area (Å²) in [5.41, 5.74) is 6.57. The van der Waals surface area contributed by atoms with Crippen molar-refractivity contribution in [3.05, 3.63) is 35.4 Å². The van der Waals surface area contributed by atoms with Crippen LogP contribution in [0.5, 0.6) is 0 Å². The van der Waals surface area contributed by atoms with Crippen LogP contribution in [0, 0.1) is 11.8 Å². The third kappa shape index (κ3) is 5.81. The fourth-order valence-corrected chi connectivity index (χ4v) is 2.92. The van der Waals surface area contributed by atoms with Gasteiger partial charge in [0.05, 0.1) is 0 Å². The number of rotatable bonds is 3. The maximum absolute atomic E-state index is 10.7. The number of nitrogens with two attached hydrogens (primary N) is 1. The van der Waals surface area contributed by atoms with Gasteiger partial charge in [-0.3, -0.25) is 0 Å². The van der Waals surface area contributed by atoms with Gasteiger partial charge in [-0.05, 0) is 56.2 Å². The van der Waals surface area contributed by atoms with E-state index in [1.54, 1.807) is 0 Å². The molecule has 1 atom stereocenters. The molecule has 1 fully saturated rings. The van der Waals surface area contributed by atoms with Crippen LogP contribution in [-0.4, -0.2) is 22.0 Å². The molecule has 0 amide bonds. The highest BCUT2D eigenvalue weighted by Crippen LogP contribution is 2.25. The summed E-state index contributed by atoms with van der Waals surface area (Å²) < 4.78 is 0. The molecule has 1 aliphatic carbocycles. The molecule has 3 heteroatoms. The molecule has 3 nitrogen and oxygen atoms in total. The zero-order valence-corrected chi connectivity index (χ0v) is 13.2. The normalized spacial score (nSPS) is 19.4. The molecule has 0 bridgehead atoms. The quantitative estimate of drug-likeness (QED) is 0.594. The molecule has 0 aromatic heterocycles. The van der Waals surface area contributed by atoms with Gasteiger partial charge in [0.25, 0.3) is 0 Å². The van der Waals surface area contributed by atoms with Crippen molar-refractivity contribution in [2.45, 2.75) is 69.6 Å². The molecule has 1 aliphatic rings. The number of benzene rings is 1. The van der Waals surface area contributed by atoms with Crippen molar-refractivity contribution in [1.82, 2.24) is 0 Å². The van der Waals surface area contributed by atoms with Gasteiger partial charge in [-0.2, -0.15) is 0 Å². The lowest BCUT2D eigenvalue weighted by atomic mass is 9.87. The number of aliphatic hydroxyl groups excluding tert-OH is 1. The van der Waals surface area contributed by atoms with Crippen LogP contribution in [0.15, 0.2) is 24.3 Å². The summed E-state index contributed by atoms with van der Waals surface area (Å²) in [6.07, 6.45) is 7.83. The van der Waals surface area contributed by atoms with Crippen LogP contribution < -0.4 is 5.73 Å². The molecule has 1 saturated carbocycles. The molecule has 0 spiro atoms. The summed E-state index contributed by atoms with van der Waals surface area (Å²) in [5.74, 6) is 6.24. The van der Waals surface area contributed by atoms with E-state index in [2.05, 4.69) is 11.8 Å². The summed E-state index contributed by atoms with van der Waals surface area (Å²) in [6.45, 7) is 0. The van der Waals surface area contributed by atoms with Crippen molar-refractivity contribution in [2.75, 3.05) is 0 Å². The number of aryl methyl sites for hydroxylation is 1. The van der Waals surface area contributed by atoms with Gasteiger partial charge in [0.1, 0.15) is 11.8 Å². The van der Waals surface area contributed by atoms with E-state index < -0.39 is 11.8 Å². The van der Waals surface area contributed by atoms with E-state index in [1.165, 1.54) is 19.3 Å². The molecule has 0 aliphatic heterocycles. The first-order chi connectivity index (χ1) is 10.6. The second kappa shape index (κ2) is 8.33. The minimum atomic E-state index is -0.829. The zero-order chi connectivity index (χ0) is 15.8. The Morgan fingerprint density at radius 3 is 2.50 bits per heavy atom. The highest BCUT2D eigenvalue weighted by atomic mass is 16.3. The standard InChI is InChI=1S/C19H27NO2/c20-18(21)10-9-16-7-6-8-17(15-16)11-14-19(22)12-4-2-1-3-5-13-19/h6-8,15,18,21-22H,1-5,9-10,12-13,20H2. The van der Waals surface area contributed by atoms with Gasteiger partial charge in [0.15, 0.2) is 0 Å². The Bertz CT molecular complexity index is 520. The fourth-order valence-electron chi connectivity index (χ4n) is 2.92. The van der Waals surface area contributed by atoms with Crippen LogP contribution in [0.1, 0.15) is 62.5 Å². The lowest BCUT2D eigenvalue weighted by Gasteiger charge is -2.24. The van der Waals surface area contributed by atoms with Crippen molar-refractivity contribution in [2.24, 2.45) is 5.73 Å². The Morgan fingerprint density at radius 2 is 1.82 bits per heavy atom. The average molecular weight is 301 g/mol. The maximum atomic E-state index is 10.7. The summed E-state index contributed by atoms with van der Waals surface area (Å²) in [6, 6.07) is 7.95. The Morgan fingerprint density at radius 1 is 1.14 bits per heavy atom. The third-order valence-corrected chi connectivity index (χ3v) is 4.28. The predicted molar refractivity (Wildman–Crippen MR) is 89.1 cm³/mol. The van der Waals surface area contributed by atoms with E-state index >= 15 is 0 Å². The van der Waals surface area contributed by atoms with Crippen LogP contribution >= 0.6 is 0 Å². The Hall–Kier alpha value is -1.34. The smallest absolute Gasteiger partial charge is 0.125 e. The van der Waals surface area contributed by atoms with E-state index in [0.717, 1.165) is 43.2 Å². The molecule has 1 unspecified atom stereocenters. The average Bonchev–Trinajstić information content (AvgIpc) is 2.48. The van der Waals surface area contributed by atoms with Crippen molar-refractivity contribution >= 4 is 0 Å². The van der Waals surface area contributed by atoms with Crippen LogP contribution in [0.25, 0.3) is 0 Å². The molecular formula is C19H27NO2. The van der Waals surface area contributed by atoms with Crippen molar-refractivity contribution in [1.29, 1.82) is 0 Å². The predicted octanol–water partition coefficient (Wildman–Crippen LogP) is 2.72.